The Hall–Kier alpha value is -3.02. The monoisotopic (exact) mass is 462 g/mol. The Morgan fingerprint density at radius 3 is 2.18 bits per heavy atom. The van der Waals surface area contributed by atoms with Crippen LogP contribution in [0.15, 0.2) is 78.9 Å². The van der Waals surface area contributed by atoms with Crippen LogP contribution in [0.3, 0.4) is 0 Å². The highest BCUT2D eigenvalue weighted by Gasteiger charge is 2.26. The van der Waals surface area contributed by atoms with Gasteiger partial charge in [-0.05, 0) is 42.0 Å². The van der Waals surface area contributed by atoms with Gasteiger partial charge in [0.25, 0.3) is 5.91 Å². The number of hydrogen-bond donors (Lipinski definition) is 1. The summed E-state index contributed by atoms with van der Waals surface area (Å²) in [6.45, 7) is 4.29. The Morgan fingerprint density at radius 1 is 0.909 bits per heavy atom. The van der Waals surface area contributed by atoms with Crippen molar-refractivity contribution in [2.45, 2.75) is 6.04 Å². The Bertz CT molecular complexity index is 1050. The molecule has 3 aromatic carbocycles. The molecule has 3 aromatic rings. The summed E-state index contributed by atoms with van der Waals surface area (Å²) in [6.07, 6.45) is 0. The molecule has 1 amide bonds. The van der Waals surface area contributed by atoms with E-state index in [2.05, 4.69) is 74.6 Å². The fraction of sp³-hybridized carbons (Fsp3) is 0.296. The minimum absolute atomic E-state index is 0.0885. The summed E-state index contributed by atoms with van der Waals surface area (Å²) in [5.74, 6) is -0.140. The number of carbonyl (C=O) groups excluding carboxylic acids is 1. The number of benzene rings is 3. The van der Waals surface area contributed by atoms with E-state index in [0.717, 1.165) is 31.9 Å². The van der Waals surface area contributed by atoms with Gasteiger partial charge in [0, 0.05) is 58.2 Å². The number of hydrogen-bond acceptors (Lipinski definition) is 4. The van der Waals surface area contributed by atoms with Gasteiger partial charge in [0.1, 0.15) is 0 Å². The van der Waals surface area contributed by atoms with Crippen molar-refractivity contribution < 1.29 is 4.79 Å². The first-order valence-electron chi connectivity index (χ1n) is 11.4. The van der Waals surface area contributed by atoms with E-state index >= 15 is 0 Å². The van der Waals surface area contributed by atoms with Gasteiger partial charge < -0.3 is 15.1 Å². The van der Waals surface area contributed by atoms with Gasteiger partial charge in [-0.1, -0.05) is 54.1 Å². The molecule has 1 fully saturated rings. The van der Waals surface area contributed by atoms with E-state index in [9.17, 15) is 4.79 Å². The Kier molecular flexibility index (Phi) is 7.53. The molecule has 0 bridgehead atoms. The van der Waals surface area contributed by atoms with Crippen LogP contribution in [-0.2, 0) is 0 Å². The Balaban J connectivity index is 1.49. The summed E-state index contributed by atoms with van der Waals surface area (Å²) in [4.78, 5) is 19.8. The fourth-order valence-electron chi connectivity index (χ4n) is 4.31. The zero-order chi connectivity index (χ0) is 23.2. The first kappa shape index (κ1) is 23.1. The number of anilines is 2. The van der Waals surface area contributed by atoms with Gasteiger partial charge in [0.15, 0.2) is 0 Å². The maximum absolute atomic E-state index is 12.8. The third-order valence-electron chi connectivity index (χ3n) is 6.25. The molecule has 1 aliphatic rings. The molecule has 1 N–H and O–H groups in total. The first-order chi connectivity index (χ1) is 16.0. The van der Waals surface area contributed by atoms with E-state index in [1.54, 1.807) is 12.1 Å². The maximum atomic E-state index is 12.8. The quantitative estimate of drug-likeness (QED) is 0.552. The second-order valence-corrected chi connectivity index (χ2v) is 8.96. The molecule has 172 valence electrons. The van der Waals surface area contributed by atoms with Crippen molar-refractivity contribution in [2.24, 2.45) is 0 Å². The summed E-state index contributed by atoms with van der Waals surface area (Å²) < 4.78 is 0. The number of carbonyl (C=O) groups is 1. The maximum Gasteiger partial charge on any atom is 0.252 e. The van der Waals surface area contributed by atoms with Crippen molar-refractivity contribution in [3.05, 3.63) is 95.0 Å². The molecule has 1 aliphatic heterocycles. The van der Waals surface area contributed by atoms with E-state index in [1.807, 2.05) is 26.2 Å². The van der Waals surface area contributed by atoms with Crippen molar-refractivity contribution in [2.75, 3.05) is 56.6 Å². The second kappa shape index (κ2) is 10.7. The molecule has 33 heavy (non-hydrogen) atoms. The van der Waals surface area contributed by atoms with Crippen molar-refractivity contribution in [1.29, 1.82) is 0 Å². The molecular formula is C27H31ClN4O. The zero-order valence-electron chi connectivity index (χ0n) is 19.2. The molecule has 6 heteroatoms. The number of nitrogens with zero attached hydrogens (tertiary/aromatic N) is 3. The van der Waals surface area contributed by atoms with Gasteiger partial charge in [-0.25, -0.2) is 0 Å². The number of halogens is 1. The van der Waals surface area contributed by atoms with Crippen LogP contribution < -0.4 is 15.1 Å². The molecule has 0 aromatic heterocycles. The number of piperazine rings is 1. The molecule has 0 radical (unpaired) electrons. The van der Waals surface area contributed by atoms with Crippen molar-refractivity contribution in [3.8, 4) is 0 Å². The average Bonchev–Trinajstić information content (AvgIpc) is 2.85. The van der Waals surface area contributed by atoms with Gasteiger partial charge in [0.2, 0.25) is 0 Å². The van der Waals surface area contributed by atoms with E-state index in [1.165, 1.54) is 11.3 Å². The van der Waals surface area contributed by atoms with Crippen LogP contribution in [-0.4, -0.2) is 57.6 Å². The molecule has 5 nitrogen and oxygen atoms in total. The lowest BCUT2D eigenvalue weighted by atomic mass is 10.0. The number of rotatable bonds is 7. The molecule has 0 saturated carbocycles. The summed E-state index contributed by atoms with van der Waals surface area (Å²) >= 11 is 6.24. The Morgan fingerprint density at radius 2 is 1.55 bits per heavy atom. The van der Waals surface area contributed by atoms with Crippen LogP contribution in [0.1, 0.15) is 22.0 Å². The lowest BCUT2D eigenvalue weighted by Crippen LogP contribution is -2.50. The fourth-order valence-corrected chi connectivity index (χ4v) is 4.53. The van der Waals surface area contributed by atoms with Gasteiger partial charge >= 0.3 is 0 Å². The van der Waals surface area contributed by atoms with E-state index in [4.69, 9.17) is 11.6 Å². The predicted molar refractivity (Wildman–Crippen MR) is 138 cm³/mol. The topological polar surface area (TPSA) is 38.8 Å². The lowest BCUT2D eigenvalue weighted by molar-refractivity contribution is 0.0930. The molecule has 0 spiro atoms. The summed E-state index contributed by atoms with van der Waals surface area (Å²) in [6, 6.07) is 26.4. The number of para-hydroxylation sites is 1. The van der Waals surface area contributed by atoms with Crippen molar-refractivity contribution >= 4 is 28.9 Å². The van der Waals surface area contributed by atoms with Crippen LogP contribution in [0.4, 0.5) is 11.4 Å². The van der Waals surface area contributed by atoms with E-state index in [-0.39, 0.29) is 11.9 Å². The minimum atomic E-state index is -0.140. The smallest absolute Gasteiger partial charge is 0.252 e. The van der Waals surface area contributed by atoms with Crippen molar-refractivity contribution in [3.63, 3.8) is 0 Å². The number of nitrogens with one attached hydrogen (secondary N) is 1. The Labute approximate surface area is 201 Å². The highest BCUT2D eigenvalue weighted by molar-refractivity contribution is 6.33. The van der Waals surface area contributed by atoms with Crippen molar-refractivity contribution in [1.82, 2.24) is 10.2 Å². The molecule has 1 atom stereocenters. The first-order valence-corrected chi connectivity index (χ1v) is 11.7. The highest BCUT2D eigenvalue weighted by Crippen LogP contribution is 2.26. The zero-order valence-corrected chi connectivity index (χ0v) is 20.0. The van der Waals surface area contributed by atoms with Gasteiger partial charge in [0.05, 0.1) is 16.6 Å². The second-order valence-electron chi connectivity index (χ2n) is 8.55. The average molecular weight is 463 g/mol. The largest absolute Gasteiger partial charge is 0.378 e. The molecular weight excluding hydrogens is 432 g/mol. The third-order valence-corrected chi connectivity index (χ3v) is 6.57. The third kappa shape index (κ3) is 5.67. The van der Waals surface area contributed by atoms with E-state index < -0.39 is 0 Å². The molecule has 4 rings (SSSR count). The summed E-state index contributed by atoms with van der Waals surface area (Å²) in [5, 5.41) is 3.60. The SMILES string of the molecule is CN(C)c1ccc([C@H](CNC(=O)c2ccccc2Cl)N2CCN(c3ccccc3)CC2)cc1. The van der Waals surface area contributed by atoms with Crippen LogP contribution in [0.5, 0.6) is 0 Å². The normalized spacial score (nSPS) is 15.2. The van der Waals surface area contributed by atoms with Crippen LogP contribution in [0.25, 0.3) is 0 Å². The van der Waals surface area contributed by atoms with E-state index in [0.29, 0.717) is 17.1 Å². The van der Waals surface area contributed by atoms with Gasteiger partial charge in [-0.3, -0.25) is 9.69 Å². The molecule has 1 saturated heterocycles. The van der Waals surface area contributed by atoms with Crippen LogP contribution >= 0.6 is 11.6 Å². The number of amides is 1. The van der Waals surface area contributed by atoms with Gasteiger partial charge in [-0.15, -0.1) is 0 Å². The molecule has 0 aliphatic carbocycles. The molecule has 1 heterocycles. The van der Waals surface area contributed by atoms with Crippen LogP contribution in [0.2, 0.25) is 5.02 Å². The predicted octanol–water partition coefficient (Wildman–Crippen LogP) is 4.70. The van der Waals surface area contributed by atoms with Gasteiger partial charge in [-0.2, -0.15) is 0 Å². The highest BCUT2D eigenvalue weighted by atomic mass is 35.5. The standard InChI is InChI=1S/C27H31ClN4O/c1-30(2)22-14-12-21(13-15-22)26(20-29-27(33)24-10-6-7-11-25(24)28)32-18-16-31(17-19-32)23-8-4-3-5-9-23/h3-15,26H,16-20H2,1-2H3,(H,29,33)/t26-/m0/s1. The van der Waals surface area contributed by atoms with Crippen LogP contribution in [0, 0.1) is 0 Å². The molecule has 0 unspecified atom stereocenters. The summed E-state index contributed by atoms with van der Waals surface area (Å²) in [7, 11) is 4.08. The minimum Gasteiger partial charge on any atom is -0.378 e. The lowest BCUT2D eigenvalue weighted by Gasteiger charge is -2.40. The summed E-state index contributed by atoms with van der Waals surface area (Å²) in [5.41, 5.74) is 4.13.